The quantitative estimate of drug-likeness (QED) is 0.643. The van der Waals surface area contributed by atoms with E-state index in [2.05, 4.69) is 15.3 Å². The highest BCUT2D eigenvalue weighted by Crippen LogP contribution is 2.32. The zero-order valence-corrected chi connectivity index (χ0v) is 15.9. The van der Waals surface area contributed by atoms with Crippen LogP contribution in [0, 0.1) is 0 Å². The van der Waals surface area contributed by atoms with Crippen molar-refractivity contribution in [1.29, 1.82) is 0 Å². The lowest BCUT2D eigenvalue weighted by molar-refractivity contribution is 0.108. The van der Waals surface area contributed by atoms with Gasteiger partial charge in [-0.1, -0.05) is 23.7 Å². The number of anilines is 2. The third-order valence-electron chi connectivity index (χ3n) is 4.14. The molecule has 0 amide bonds. The standard InChI is InChI=1S/C18H24ClN5O3/c1-21-10-13(25)11-27-14-4-2-3-12(9-14)17-22-16(20)15(19)18(23-17)24-5-7-26-8-6-24/h2-4,9,13,21,25H,5-8,10-11H2,1H3,(H2,20,22,23). The molecule has 4 N–H and O–H groups in total. The van der Waals surface area contributed by atoms with Gasteiger partial charge < -0.3 is 30.5 Å². The van der Waals surface area contributed by atoms with Crippen LogP contribution in [-0.4, -0.2) is 67.7 Å². The maximum atomic E-state index is 9.79. The monoisotopic (exact) mass is 393 g/mol. The van der Waals surface area contributed by atoms with E-state index in [0.29, 0.717) is 55.3 Å². The second kappa shape index (κ2) is 9.18. The van der Waals surface area contributed by atoms with Crippen LogP contribution in [0.4, 0.5) is 11.6 Å². The van der Waals surface area contributed by atoms with Gasteiger partial charge in [0.05, 0.1) is 13.2 Å². The predicted molar refractivity (Wildman–Crippen MR) is 105 cm³/mol. The van der Waals surface area contributed by atoms with E-state index in [1.165, 1.54) is 0 Å². The molecule has 8 nitrogen and oxygen atoms in total. The van der Waals surface area contributed by atoms with Crippen LogP contribution in [0.1, 0.15) is 0 Å². The Morgan fingerprint density at radius 3 is 2.89 bits per heavy atom. The Morgan fingerprint density at radius 2 is 2.15 bits per heavy atom. The molecule has 1 aliphatic heterocycles. The lowest BCUT2D eigenvalue weighted by Crippen LogP contribution is -2.37. The first kappa shape index (κ1) is 19.6. The fourth-order valence-corrected chi connectivity index (χ4v) is 2.98. The Morgan fingerprint density at radius 1 is 1.37 bits per heavy atom. The average Bonchev–Trinajstić information content (AvgIpc) is 2.69. The van der Waals surface area contributed by atoms with Gasteiger partial charge in [0.15, 0.2) is 11.6 Å². The largest absolute Gasteiger partial charge is 0.491 e. The number of nitrogens with one attached hydrogen (secondary N) is 1. The lowest BCUT2D eigenvalue weighted by Gasteiger charge is -2.28. The number of hydrogen-bond donors (Lipinski definition) is 3. The number of nitrogens with two attached hydrogens (primary N) is 1. The van der Waals surface area contributed by atoms with Gasteiger partial charge in [0.1, 0.15) is 29.3 Å². The van der Waals surface area contributed by atoms with E-state index in [1.54, 1.807) is 7.05 Å². The number of rotatable bonds is 7. The molecule has 0 aliphatic carbocycles. The normalized spacial score (nSPS) is 15.6. The number of nitrogen functional groups attached to an aromatic ring is 1. The summed E-state index contributed by atoms with van der Waals surface area (Å²) in [5.41, 5.74) is 6.78. The fraction of sp³-hybridized carbons (Fsp3) is 0.444. The molecule has 3 rings (SSSR count). The third kappa shape index (κ3) is 4.98. The van der Waals surface area contributed by atoms with Crippen LogP contribution in [0.25, 0.3) is 11.4 Å². The van der Waals surface area contributed by atoms with Crippen molar-refractivity contribution in [1.82, 2.24) is 15.3 Å². The molecular weight excluding hydrogens is 370 g/mol. The van der Waals surface area contributed by atoms with E-state index in [4.69, 9.17) is 26.8 Å². The summed E-state index contributed by atoms with van der Waals surface area (Å²) in [6.07, 6.45) is -0.589. The SMILES string of the molecule is CNCC(O)COc1cccc(-c2nc(N)c(Cl)c(N3CCOCC3)n2)c1. The maximum absolute atomic E-state index is 9.79. The van der Waals surface area contributed by atoms with Gasteiger partial charge in [0.2, 0.25) is 0 Å². The van der Waals surface area contributed by atoms with Gasteiger partial charge in [-0.15, -0.1) is 0 Å². The molecule has 1 atom stereocenters. The molecule has 146 valence electrons. The minimum atomic E-state index is -0.589. The van der Waals surface area contributed by atoms with Crippen molar-refractivity contribution in [3.05, 3.63) is 29.3 Å². The molecular formula is C18H24ClN5O3. The number of morpholine rings is 1. The van der Waals surface area contributed by atoms with E-state index in [9.17, 15) is 5.11 Å². The van der Waals surface area contributed by atoms with Crippen LogP contribution in [0.3, 0.4) is 0 Å². The number of halogens is 1. The highest BCUT2D eigenvalue weighted by molar-refractivity contribution is 6.35. The van der Waals surface area contributed by atoms with Crippen molar-refractivity contribution in [2.45, 2.75) is 6.10 Å². The molecule has 2 heterocycles. The van der Waals surface area contributed by atoms with Gasteiger partial charge in [-0.3, -0.25) is 0 Å². The Kier molecular flexibility index (Phi) is 6.68. The van der Waals surface area contributed by atoms with Crippen LogP contribution < -0.4 is 20.7 Å². The van der Waals surface area contributed by atoms with Gasteiger partial charge in [0.25, 0.3) is 0 Å². The zero-order chi connectivity index (χ0) is 19.2. The molecule has 9 heteroatoms. The lowest BCUT2D eigenvalue weighted by atomic mass is 10.2. The summed E-state index contributed by atoms with van der Waals surface area (Å²) in [5.74, 6) is 1.93. The number of nitrogens with zero attached hydrogens (tertiary/aromatic N) is 3. The molecule has 0 spiro atoms. The maximum Gasteiger partial charge on any atom is 0.164 e. The summed E-state index contributed by atoms with van der Waals surface area (Å²) in [6.45, 7) is 3.28. The Balaban J connectivity index is 1.83. The number of benzene rings is 1. The van der Waals surface area contributed by atoms with Crippen LogP contribution >= 0.6 is 11.6 Å². The predicted octanol–water partition coefficient (Wildman–Crippen LogP) is 1.17. The highest BCUT2D eigenvalue weighted by atomic mass is 35.5. The summed E-state index contributed by atoms with van der Waals surface area (Å²) in [4.78, 5) is 11.0. The van der Waals surface area contributed by atoms with Crippen LogP contribution in [-0.2, 0) is 4.74 Å². The molecule has 0 saturated carbocycles. The number of aliphatic hydroxyl groups excluding tert-OH is 1. The first-order chi connectivity index (χ1) is 13.1. The number of aliphatic hydroxyl groups is 1. The molecule has 1 fully saturated rings. The topological polar surface area (TPSA) is 106 Å². The van der Waals surface area contributed by atoms with Crippen molar-refractivity contribution in [3.63, 3.8) is 0 Å². The van der Waals surface area contributed by atoms with Gasteiger partial charge in [-0.2, -0.15) is 0 Å². The molecule has 27 heavy (non-hydrogen) atoms. The van der Waals surface area contributed by atoms with Crippen LogP contribution in [0.15, 0.2) is 24.3 Å². The first-order valence-electron chi connectivity index (χ1n) is 8.80. The van der Waals surface area contributed by atoms with E-state index in [-0.39, 0.29) is 12.4 Å². The minimum absolute atomic E-state index is 0.187. The molecule has 1 unspecified atom stereocenters. The molecule has 1 aromatic carbocycles. The van der Waals surface area contributed by atoms with Crippen molar-refractivity contribution < 1.29 is 14.6 Å². The van der Waals surface area contributed by atoms with E-state index in [1.807, 2.05) is 29.2 Å². The van der Waals surface area contributed by atoms with Gasteiger partial charge in [-0.05, 0) is 19.2 Å². The van der Waals surface area contributed by atoms with Gasteiger partial charge in [0, 0.05) is 25.2 Å². The first-order valence-corrected chi connectivity index (χ1v) is 9.18. The fourth-order valence-electron chi connectivity index (χ4n) is 2.78. The summed E-state index contributed by atoms with van der Waals surface area (Å²) < 4.78 is 11.0. The Hall–Kier alpha value is -2.13. The smallest absolute Gasteiger partial charge is 0.164 e. The Bertz CT molecular complexity index is 771. The number of ether oxygens (including phenoxy) is 2. The molecule has 0 bridgehead atoms. The molecule has 1 aromatic heterocycles. The van der Waals surface area contributed by atoms with Crippen molar-refractivity contribution in [2.75, 3.05) is 57.1 Å². The number of hydrogen-bond acceptors (Lipinski definition) is 8. The highest BCUT2D eigenvalue weighted by Gasteiger charge is 2.20. The summed E-state index contributed by atoms with van der Waals surface area (Å²) in [6, 6.07) is 7.36. The van der Waals surface area contributed by atoms with E-state index >= 15 is 0 Å². The summed E-state index contributed by atoms with van der Waals surface area (Å²) >= 11 is 6.34. The molecule has 1 aliphatic rings. The van der Waals surface area contributed by atoms with Crippen molar-refractivity contribution >= 4 is 23.2 Å². The summed E-state index contributed by atoms with van der Waals surface area (Å²) in [5, 5.41) is 13.0. The van der Waals surface area contributed by atoms with Gasteiger partial charge in [-0.25, -0.2) is 9.97 Å². The van der Waals surface area contributed by atoms with Crippen molar-refractivity contribution in [2.24, 2.45) is 0 Å². The molecule has 0 radical (unpaired) electrons. The van der Waals surface area contributed by atoms with E-state index in [0.717, 1.165) is 5.56 Å². The zero-order valence-electron chi connectivity index (χ0n) is 15.2. The van der Waals surface area contributed by atoms with Crippen LogP contribution in [0.2, 0.25) is 5.02 Å². The summed E-state index contributed by atoms with van der Waals surface area (Å²) in [7, 11) is 1.78. The van der Waals surface area contributed by atoms with E-state index < -0.39 is 6.10 Å². The van der Waals surface area contributed by atoms with Crippen LogP contribution in [0.5, 0.6) is 5.75 Å². The minimum Gasteiger partial charge on any atom is -0.491 e. The Labute approximate surface area is 163 Å². The van der Waals surface area contributed by atoms with Crippen molar-refractivity contribution in [3.8, 4) is 17.1 Å². The second-order valence-corrected chi connectivity index (χ2v) is 6.60. The number of likely N-dealkylation sites (N-methyl/N-ethyl adjacent to an activating group) is 1. The number of aromatic nitrogens is 2. The average molecular weight is 394 g/mol. The molecule has 2 aromatic rings. The molecule has 1 saturated heterocycles. The van der Waals surface area contributed by atoms with Gasteiger partial charge >= 0.3 is 0 Å². The third-order valence-corrected chi connectivity index (χ3v) is 4.51. The second-order valence-electron chi connectivity index (χ2n) is 6.22.